The van der Waals surface area contributed by atoms with Gasteiger partial charge in [0.05, 0.1) is 0 Å². The predicted molar refractivity (Wildman–Crippen MR) is 84.2 cm³/mol. The molecule has 0 radical (unpaired) electrons. The normalized spacial score (nSPS) is 10.5. The molecule has 0 fully saturated rings. The quantitative estimate of drug-likeness (QED) is 0.729. The Bertz CT molecular complexity index is 522. The van der Waals surface area contributed by atoms with Crippen LogP contribution in [-0.2, 0) is 12.3 Å². The molecule has 0 saturated heterocycles. The van der Waals surface area contributed by atoms with Crippen LogP contribution in [0.1, 0.15) is 16.7 Å². The molecule has 0 heterocycles. The van der Waals surface area contributed by atoms with Crippen LogP contribution in [0.3, 0.4) is 0 Å². The van der Waals surface area contributed by atoms with Gasteiger partial charge in [0, 0.05) is 25.2 Å². The maximum absolute atomic E-state index is 5.86. The van der Waals surface area contributed by atoms with Gasteiger partial charge in [-0.05, 0) is 36.1 Å². The number of halogens is 1. The van der Waals surface area contributed by atoms with E-state index in [1.54, 1.807) is 0 Å². The largest absolute Gasteiger partial charge is 0.374 e. The lowest BCUT2D eigenvalue weighted by Gasteiger charge is -2.22. The van der Waals surface area contributed by atoms with E-state index in [0.717, 1.165) is 13.0 Å². The van der Waals surface area contributed by atoms with Crippen LogP contribution >= 0.6 is 11.6 Å². The van der Waals surface area contributed by atoms with Gasteiger partial charge >= 0.3 is 0 Å². The summed E-state index contributed by atoms with van der Waals surface area (Å²) in [5.74, 6) is 0.578. The fourth-order valence-corrected chi connectivity index (χ4v) is 2.46. The fourth-order valence-electron chi connectivity index (χ4n) is 2.29. The minimum atomic E-state index is 0.578. The molecule has 0 spiro atoms. The first-order chi connectivity index (χ1) is 9.20. The lowest BCUT2D eigenvalue weighted by atomic mass is 10.1. The zero-order valence-electron chi connectivity index (χ0n) is 11.6. The Morgan fingerprint density at radius 2 is 1.74 bits per heavy atom. The third-order valence-corrected chi connectivity index (χ3v) is 3.71. The summed E-state index contributed by atoms with van der Waals surface area (Å²) >= 11 is 5.86. The smallest absolute Gasteiger partial charge is 0.0474 e. The number of hydrogen-bond acceptors (Lipinski definition) is 1. The van der Waals surface area contributed by atoms with Gasteiger partial charge in [0.15, 0.2) is 0 Å². The Labute approximate surface area is 120 Å². The van der Waals surface area contributed by atoms with Crippen molar-refractivity contribution < 1.29 is 0 Å². The fraction of sp³-hybridized carbons (Fsp3) is 0.294. The zero-order valence-corrected chi connectivity index (χ0v) is 12.3. The molecule has 0 aliphatic carbocycles. The Morgan fingerprint density at radius 1 is 1.00 bits per heavy atom. The number of likely N-dealkylation sites (N-methyl/N-ethyl adjacent to an activating group) is 1. The summed E-state index contributed by atoms with van der Waals surface area (Å²) in [5, 5.41) is 0. The molecule has 100 valence electrons. The van der Waals surface area contributed by atoms with Crippen LogP contribution in [0.4, 0.5) is 5.69 Å². The van der Waals surface area contributed by atoms with Gasteiger partial charge < -0.3 is 4.90 Å². The number of nitrogens with zero attached hydrogens (tertiary/aromatic N) is 1. The van der Waals surface area contributed by atoms with Gasteiger partial charge in [-0.2, -0.15) is 0 Å². The van der Waals surface area contributed by atoms with E-state index in [1.165, 1.54) is 22.4 Å². The minimum Gasteiger partial charge on any atom is -0.374 e. The van der Waals surface area contributed by atoms with E-state index in [0.29, 0.717) is 5.88 Å². The Morgan fingerprint density at radius 3 is 2.37 bits per heavy atom. The SMILES string of the molecule is Cc1cc(CCl)ccc1N(C)CCc1ccccc1. The highest BCUT2D eigenvalue weighted by Crippen LogP contribution is 2.21. The average molecular weight is 274 g/mol. The highest BCUT2D eigenvalue weighted by molar-refractivity contribution is 6.17. The standard InChI is InChI=1S/C17H20ClN/c1-14-12-16(13-18)8-9-17(14)19(2)11-10-15-6-4-3-5-7-15/h3-9,12H,10-11,13H2,1-2H3. The highest BCUT2D eigenvalue weighted by Gasteiger charge is 2.05. The Balaban J connectivity index is 2.02. The van der Waals surface area contributed by atoms with Gasteiger partial charge in [-0.25, -0.2) is 0 Å². The van der Waals surface area contributed by atoms with E-state index in [1.807, 2.05) is 0 Å². The molecular weight excluding hydrogens is 254 g/mol. The van der Waals surface area contributed by atoms with Crippen LogP contribution in [0, 0.1) is 6.92 Å². The Kier molecular flexibility index (Phi) is 4.86. The second kappa shape index (κ2) is 6.63. The van der Waals surface area contributed by atoms with E-state index >= 15 is 0 Å². The minimum absolute atomic E-state index is 0.578. The number of rotatable bonds is 5. The molecule has 2 aromatic carbocycles. The number of alkyl halides is 1. The van der Waals surface area contributed by atoms with Crippen molar-refractivity contribution in [3.63, 3.8) is 0 Å². The predicted octanol–water partition coefficient (Wildman–Crippen LogP) is 4.41. The lowest BCUT2D eigenvalue weighted by molar-refractivity contribution is 0.872. The second-order valence-corrected chi connectivity index (χ2v) is 5.18. The Hall–Kier alpha value is -1.47. The molecule has 2 aromatic rings. The number of anilines is 1. The topological polar surface area (TPSA) is 3.24 Å². The van der Waals surface area contributed by atoms with E-state index in [9.17, 15) is 0 Å². The molecule has 2 rings (SSSR count). The van der Waals surface area contributed by atoms with Crippen molar-refractivity contribution >= 4 is 17.3 Å². The first kappa shape index (κ1) is 14.0. The summed E-state index contributed by atoms with van der Waals surface area (Å²) in [6.45, 7) is 3.16. The van der Waals surface area contributed by atoms with Gasteiger partial charge in [0.25, 0.3) is 0 Å². The molecule has 0 N–H and O–H groups in total. The molecule has 0 unspecified atom stereocenters. The van der Waals surface area contributed by atoms with Crippen LogP contribution < -0.4 is 4.90 Å². The molecule has 0 atom stereocenters. The lowest BCUT2D eigenvalue weighted by Crippen LogP contribution is -2.21. The molecule has 2 heteroatoms. The van der Waals surface area contributed by atoms with Gasteiger partial charge in [0.2, 0.25) is 0 Å². The van der Waals surface area contributed by atoms with Crippen molar-refractivity contribution in [2.24, 2.45) is 0 Å². The first-order valence-electron chi connectivity index (χ1n) is 6.61. The summed E-state index contributed by atoms with van der Waals surface area (Å²) < 4.78 is 0. The van der Waals surface area contributed by atoms with Crippen molar-refractivity contribution in [2.75, 3.05) is 18.5 Å². The van der Waals surface area contributed by atoms with Crippen molar-refractivity contribution in [1.82, 2.24) is 0 Å². The third kappa shape index (κ3) is 3.74. The van der Waals surface area contributed by atoms with E-state index in [2.05, 4.69) is 67.4 Å². The third-order valence-electron chi connectivity index (χ3n) is 3.41. The molecule has 1 nitrogen and oxygen atoms in total. The highest BCUT2D eigenvalue weighted by atomic mass is 35.5. The van der Waals surface area contributed by atoms with Gasteiger partial charge in [-0.15, -0.1) is 11.6 Å². The van der Waals surface area contributed by atoms with Crippen LogP contribution in [-0.4, -0.2) is 13.6 Å². The van der Waals surface area contributed by atoms with Crippen molar-refractivity contribution in [3.8, 4) is 0 Å². The summed E-state index contributed by atoms with van der Waals surface area (Å²) in [5.41, 5.74) is 5.13. The van der Waals surface area contributed by atoms with E-state index in [-0.39, 0.29) is 0 Å². The van der Waals surface area contributed by atoms with E-state index < -0.39 is 0 Å². The molecule has 0 aromatic heterocycles. The van der Waals surface area contributed by atoms with Crippen LogP contribution in [0.25, 0.3) is 0 Å². The van der Waals surface area contributed by atoms with Crippen LogP contribution in [0.2, 0.25) is 0 Å². The molecule has 0 aliphatic rings. The summed E-state index contributed by atoms with van der Waals surface area (Å²) in [7, 11) is 2.14. The maximum atomic E-state index is 5.86. The second-order valence-electron chi connectivity index (χ2n) is 4.91. The number of hydrogen-bond donors (Lipinski definition) is 0. The van der Waals surface area contributed by atoms with Gasteiger partial charge in [-0.1, -0.05) is 42.5 Å². The molecule has 0 amide bonds. The first-order valence-corrected chi connectivity index (χ1v) is 7.14. The van der Waals surface area contributed by atoms with Crippen molar-refractivity contribution in [2.45, 2.75) is 19.2 Å². The molecule has 19 heavy (non-hydrogen) atoms. The average Bonchev–Trinajstić information content (AvgIpc) is 2.45. The molecular formula is C17H20ClN. The number of benzene rings is 2. The van der Waals surface area contributed by atoms with Crippen LogP contribution in [0.5, 0.6) is 0 Å². The van der Waals surface area contributed by atoms with Crippen molar-refractivity contribution in [3.05, 3.63) is 65.2 Å². The summed E-state index contributed by atoms with van der Waals surface area (Å²) in [6.07, 6.45) is 1.06. The van der Waals surface area contributed by atoms with Gasteiger partial charge in [-0.3, -0.25) is 0 Å². The monoisotopic (exact) mass is 273 g/mol. The zero-order chi connectivity index (χ0) is 13.7. The maximum Gasteiger partial charge on any atom is 0.0474 e. The number of aryl methyl sites for hydroxylation is 1. The molecule has 0 aliphatic heterocycles. The van der Waals surface area contributed by atoms with Crippen molar-refractivity contribution in [1.29, 1.82) is 0 Å². The molecule has 0 saturated carbocycles. The van der Waals surface area contributed by atoms with Crippen LogP contribution in [0.15, 0.2) is 48.5 Å². The molecule has 0 bridgehead atoms. The summed E-state index contributed by atoms with van der Waals surface area (Å²) in [6, 6.07) is 17.0. The van der Waals surface area contributed by atoms with Gasteiger partial charge in [0.1, 0.15) is 0 Å². The summed E-state index contributed by atoms with van der Waals surface area (Å²) in [4.78, 5) is 2.31. The van der Waals surface area contributed by atoms with E-state index in [4.69, 9.17) is 11.6 Å².